The molecule has 6 nitrogen and oxygen atoms in total. The van der Waals surface area contributed by atoms with Gasteiger partial charge in [0.1, 0.15) is 0 Å². The van der Waals surface area contributed by atoms with Crippen LogP contribution in [0, 0.1) is 6.92 Å². The molecule has 1 heterocycles. The van der Waals surface area contributed by atoms with Crippen molar-refractivity contribution < 1.29 is 13.2 Å². The Balaban J connectivity index is 1.83. The van der Waals surface area contributed by atoms with Gasteiger partial charge in [-0.05, 0) is 43.3 Å². The Bertz CT molecular complexity index is 1070. The van der Waals surface area contributed by atoms with Crippen LogP contribution in [-0.4, -0.2) is 26.4 Å². The SMILES string of the molecule is CNS(=O)(=O)c1cc(NC(=O)Cc2cccc3cccnc23)ccc1C. The first-order valence-corrected chi connectivity index (χ1v) is 9.56. The van der Waals surface area contributed by atoms with Gasteiger partial charge in [0, 0.05) is 17.3 Å². The Morgan fingerprint density at radius 3 is 2.65 bits per heavy atom. The van der Waals surface area contributed by atoms with Crippen LogP contribution < -0.4 is 10.0 Å². The average Bonchev–Trinajstić information content (AvgIpc) is 2.63. The first kappa shape index (κ1) is 18.0. The van der Waals surface area contributed by atoms with Crippen LogP contribution in [0.3, 0.4) is 0 Å². The van der Waals surface area contributed by atoms with Crippen LogP contribution in [0.5, 0.6) is 0 Å². The number of hydrogen-bond donors (Lipinski definition) is 2. The molecule has 0 aliphatic rings. The molecule has 0 bridgehead atoms. The molecule has 0 aliphatic carbocycles. The number of aromatic nitrogens is 1. The lowest BCUT2D eigenvalue weighted by Crippen LogP contribution is -2.20. The Morgan fingerprint density at radius 2 is 1.88 bits per heavy atom. The van der Waals surface area contributed by atoms with Gasteiger partial charge in [-0.15, -0.1) is 0 Å². The van der Waals surface area contributed by atoms with Gasteiger partial charge in [-0.25, -0.2) is 13.1 Å². The van der Waals surface area contributed by atoms with E-state index in [9.17, 15) is 13.2 Å². The number of hydrogen-bond acceptors (Lipinski definition) is 4. The smallest absolute Gasteiger partial charge is 0.240 e. The van der Waals surface area contributed by atoms with Crippen LogP contribution in [0.15, 0.2) is 59.6 Å². The number of anilines is 1. The fourth-order valence-electron chi connectivity index (χ4n) is 2.77. The summed E-state index contributed by atoms with van der Waals surface area (Å²) >= 11 is 0. The van der Waals surface area contributed by atoms with Crippen molar-refractivity contribution in [3.05, 3.63) is 65.9 Å². The van der Waals surface area contributed by atoms with E-state index in [1.807, 2.05) is 30.3 Å². The fourth-order valence-corrected chi connectivity index (χ4v) is 3.76. The molecule has 134 valence electrons. The molecule has 0 spiro atoms. The molecule has 7 heteroatoms. The van der Waals surface area contributed by atoms with E-state index >= 15 is 0 Å². The zero-order valence-electron chi connectivity index (χ0n) is 14.5. The van der Waals surface area contributed by atoms with Crippen LogP contribution in [0.2, 0.25) is 0 Å². The van der Waals surface area contributed by atoms with Gasteiger partial charge >= 0.3 is 0 Å². The van der Waals surface area contributed by atoms with Crippen LogP contribution >= 0.6 is 0 Å². The van der Waals surface area contributed by atoms with E-state index in [1.165, 1.54) is 13.1 Å². The highest BCUT2D eigenvalue weighted by Crippen LogP contribution is 2.21. The molecule has 0 fully saturated rings. The number of carbonyl (C=O) groups excluding carboxylic acids is 1. The number of nitrogens with one attached hydrogen (secondary N) is 2. The molecule has 0 saturated heterocycles. The summed E-state index contributed by atoms with van der Waals surface area (Å²) in [5.41, 5.74) is 2.64. The normalized spacial score (nSPS) is 11.5. The maximum atomic E-state index is 12.4. The van der Waals surface area contributed by atoms with Crippen molar-refractivity contribution in [3.8, 4) is 0 Å². The topological polar surface area (TPSA) is 88.2 Å². The first-order valence-electron chi connectivity index (χ1n) is 8.07. The van der Waals surface area contributed by atoms with E-state index in [4.69, 9.17) is 0 Å². The Hall–Kier alpha value is -2.77. The van der Waals surface area contributed by atoms with Crippen molar-refractivity contribution in [2.45, 2.75) is 18.2 Å². The predicted molar refractivity (Wildman–Crippen MR) is 102 cm³/mol. The van der Waals surface area contributed by atoms with Gasteiger partial charge < -0.3 is 5.32 Å². The number of nitrogens with zero attached hydrogens (tertiary/aromatic N) is 1. The number of aryl methyl sites for hydroxylation is 1. The van der Waals surface area contributed by atoms with Crippen molar-refractivity contribution in [1.82, 2.24) is 9.71 Å². The molecule has 1 amide bonds. The van der Waals surface area contributed by atoms with Gasteiger partial charge in [0.15, 0.2) is 0 Å². The largest absolute Gasteiger partial charge is 0.326 e. The minimum absolute atomic E-state index is 0.143. The van der Waals surface area contributed by atoms with Crippen LogP contribution in [-0.2, 0) is 21.2 Å². The molecular weight excluding hydrogens is 350 g/mol. The number of benzene rings is 2. The lowest BCUT2D eigenvalue weighted by Gasteiger charge is -2.11. The molecule has 26 heavy (non-hydrogen) atoms. The number of amides is 1. The van der Waals surface area contributed by atoms with Gasteiger partial charge in [-0.3, -0.25) is 9.78 Å². The number of rotatable bonds is 5. The summed E-state index contributed by atoms with van der Waals surface area (Å²) in [6, 6.07) is 14.3. The standard InChI is InChI=1S/C19H19N3O3S/c1-13-8-9-16(12-17(13)26(24,25)20-2)22-18(23)11-15-6-3-5-14-7-4-10-21-19(14)15/h3-10,12,20H,11H2,1-2H3,(H,22,23). The van der Waals surface area contributed by atoms with Gasteiger partial charge in [-0.2, -0.15) is 0 Å². The highest BCUT2D eigenvalue weighted by molar-refractivity contribution is 7.89. The van der Waals surface area contributed by atoms with E-state index in [0.717, 1.165) is 16.5 Å². The van der Waals surface area contributed by atoms with Gasteiger partial charge in [0.25, 0.3) is 0 Å². The zero-order chi connectivity index (χ0) is 18.7. The Labute approximate surface area is 152 Å². The van der Waals surface area contributed by atoms with Crippen molar-refractivity contribution in [1.29, 1.82) is 0 Å². The molecule has 0 radical (unpaired) electrons. The minimum Gasteiger partial charge on any atom is -0.326 e. The monoisotopic (exact) mass is 369 g/mol. The number of fused-ring (bicyclic) bond motifs is 1. The van der Waals surface area contributed by atoms with E-state index in [1.54, 1.807) is 25.3 Å². The summed E-state index contributed by atoms with van der Waals surface area (Å²) < 4.78 is 26.4. The first-order chi connectivity index (χ1) is 12.4. The lowest BCUT2D eigenvalue weighted by molar-refractivity contribution is -0.115. The van der Waals surface area contributed by atoms with Crippen molar-refractivity contribution in [2.24, 2.45) is 0 Å². The van der Waals surface area contributed by atoms with Crippen molar-refractivity contribution in [3.63, 3.8) is 0 Å². The third-order valence-corrected chi connectivity index (χ3v) is 5.65. The van der Waals surface area contributed by atoms with Crippen LogP contribution in [0.1, 0.15) is 11.1 Å². The number of carbonyl (C=O) groups is 1. The summed E-state index contributed by atoms with van der Waals surface area (Å²) in [7, 11) is -2.23. The van der Waals surface area contributed by atoms with Crippen LogP contribution in [0.25, 0.3) is 10.9 Å². The van der Waals surface area contributed by atoms with E-state index in [2.05, 4.69) is 15.0 Å². The second-order valence-electron chi connectivity index (χ2n) is 5.91. The molecule has 2 N–H and O–H groups in total. The Kier molecular flexibility index (Phi) is 5.01. The van der Waals surface area contributed by atoms with Crippen molar-refractivity contribution >= 4 is 32.5 Å². The second-order valence-corrected chi connectivity index (χ2v) is 7.76. The summed E-state index contributed by atoms with van der Waals surface area (Å²) in [5, 5.41) is 3.73. The summed E-state index contributed by atoms with van der Waals surface area (Å²) in [6.07, 6.45) is 1.84. The van der Waals surface area contributed by atoms with Gasteiger partial charge in [-0.1, -0.05) is 30.3 Å². The molecular formula is C19H19N3O3S. The molecule has 0 atom stereocenters. The zero-order valence-corrected chi connectivity index (χ0v) is 15.3. The van der Waals surface area contributed by atoms with E-state index in [0.29, 0.717) is 11.3 Å². The summed E-state index contributed by atoms with van der Waals surface area (Å²) in [5.74, 6) is -0.236. The van der Waals surface area contributed by atoms with Gasteiger partial charge in [0.2, 0.25) is 15.9 Å². The number of para-hydroxylation sites is 1. The summed E-state index contributed by atoms with van der Waals surface area (Å²) in [6.45, 7) is 1.71. The molecule has 3 aromatic rings. The minimum atomic E-state index is -3.59. The molecule has 1 aromatic heterocycles. The third kappa shape index (κ3) is 3.74. The third-order valence-electron chi connectivity index (χ3n) is 4.10. The van der Waals surface area contributed by atoms with E-state index in [-0.39, 0.29) is 17.2 Å². The highest BCUT2D eigenvalue weighted by atomic mass is 32.2. The Morgan fingerprint density at radius 1 is 1.12 bits per heavy atom. The molecule has 0 aliphatic heterocycles. The van der Waals surface area contributed by atoms with Crippen molar-refractivity contribution in [2.75, 3.05) is 12.4 Å². The molecule has 3 rings (SSSR count). The predicted octanol–water partition coefficient (Wildman–Crippen LogP) is 2.63. The van der Waals surface area contributed by atoms with Gasteiger partial charge in [0.05, 0.1) is 16.8 Å². The molecule has 2 aromatic carbocycles. The van der Waals surface area contributed by atoms with E-state index < -0.39 is 10.0 Å². The fraction of sp³-hybridized carbons (Fsp3) is 0.158. The average molecular weight is 369 g/mol. The lowest BCUT2D eigenvalue weighted by atomic mass is 10.1. The number of sulfonamides is 1. The van der Waals surface area contributed by atoms with Crippen LogP contribution in [0.4, 0.5) is 5.69 Å². The second kappa shape index (κ2) is 7.23. The molecule has 0 unspecified atom stereocenters. The maximum absolute atomic E-state index is 12.4. The quantitative estimate of drug-likeness (QED) is 0.724. The summed E-state index contributed by atoms with van der Waals surface area (Å²) in [4.78, 5) is 16.9. The maximum Gasteiger partial charge on any atom is 0.240 e. The highest BCUT2D eigenvalue weighted by Gasteiger charge is 2.16. The number of pyridine rings is 1. The molecule has 0 saturated carbocycles.